The van der Waals surface area contributed by atoms with E-state index < -0.39 is 0 Å². The monoisotopic (exact) mass is 574 g/mol. The van der Waals surface area contributed by atoms with Crippen LogP contribution in [0.3, 0.4) is 0 Å². The lowest BCUT2D eigenvalue weighted by molar-refractivity contribution is -0.136. The fraction of sp³-hybridized carbons (Fsp3) is 0.969. The summed E-state index contributed by atoms with van der Waals surface area (Å²) in [6.07, 6.45) is 19.7. The first kappa shape index (κ1) is 29.7. The number of nitrogens with one attached hydrogen (secondary N) is 4. The number of piperidine rings is 2. The average Bonchev–Trinajstić information content (AvgIpc) is 3.44. The Morgan fingerprint density at radius 1 is 0.925 bits per heavy atom. The molecular formula is C32H58N6OS. The lowest BCUT2D eigenvalue weighted by Crippen LogP contribution is -2.65. The molecule has 1 saturated carbocycles. The molecule has 0 spiro atoms. The molecule has 1 amide bonds. The van der Waals surface area contributed by atoms with Gasteiger partial charge in [0.25, 0.3) is 0 Å². The molecule has 0 aromatic carbocycles. The lowest BCUT2D eigenvalue weighted by atomic mass is 9.70. The Balaban J connectivity index is 1.14. The maximum Gasteiger partial charge on any atom is 0.227 e. The SMILES string of the molecule is CC1(CC2CCN(C3CCC4CNSC5CCCC(NCCC[C@@H]6CN(C4N3)C(C)(C)C6)N5)C2=O)CCCCC1. The molecule has 7 unspecified atom stereocenters. The van der Waals surface area contributed by atoms with Gasteiger partial charge in [0.05, 0.1) is 23.9 Å². The maximum atomic E-state index is 13.8. The second-order valence-electron chi connectivity index (χ2n) is 15.3. The van der Waals surface area contributed by atoms with Gasteiger partial charge in [-0.3, -0.25) is 25.1 Å². The molecule has 1 aliphatic carbocycles. The molecule has 6 aliphatic rings. The first-order chi connectivity index (χ1) is 19.3. The minimum absolute atomic E-state index is 0.186. The molecule has 4 bridgehead atoms. The van der Waals surface area contributed by atoms with Crippen LogP contribution in [0.15, 0.2) is 0 Å². The van der Waals surface area contributed by atoms with Crippen LogP contribution in [0.5, 0.6) is 0 Å². The number of carbonyl (C=O) groups is 1. The van der Waals surface area contributed by atoms with E-state index in [-0.39, 0.29) is 17.6 Å². The molecule has 5 heterocycles. The van der Waals surface area contributed by atoms with Crippen molar-refractivity contribution in [2.45, 2.75) is 146 Å². The van der Waals surface area contributed by atoms with Crippen molar-refractivity contribution in [1.82, 2.24) is 30.5 Å². The van der Waals surface area contributed by atoms with Crippen LogP contribution >= 0.6 is 11.9 Å². The van der Waals surface area contributed by atoms with Gasteiger partial charge in [-0.15, -0.1) is 0 Å². The Morgan fingerprint density at radius 3 is 2.62 bits per heavy atom. The zero-order valence-corrected chi connectivity index (χ0v) is 26.5. The third kappa shape index (κ3) is 6.72. The van der Waals surface area contributed by atoms with Crippen molar-refractivity contribution in [3.05, 3.63) is 0 Å². The molecule has 0 radical (unpaired) electrons. The van der Waals surface area contributed by atoms with Gasteiger partial charge in [-0.25, -0.2) is 0 Å². The van der Waals surface area contributed by atoms with E-state index in [1.807, 2.05) is 11.9 Å². The molecule has 0 aromatic rings. The van der Waals surface area contributed by atoms with Gasteiger partial charge in [-0.2, -0.15) is 0 Å². The summed E-state index contributed by atoms with van der Waals surface area (Å²) in [6, 6.07) is 0. The third-order valence-corrected chi connectivity index (χ3v) is 12.6. The first-order valence-corrected chi connectivity index (χ1v) is 17.9. The quantitative estimate of drug-likeness (QED) is 0.354. The number of nitrogens with zero attached hydrogens (tertiary/aromatic N) is 2. The highest BCUT2D eigenvalue weighted by atomic mass is 32.2. The number of carbonyl (C=O) groups excluding carboxylic acids is 1. The van der Waals surface area contributed by atoms with E-state index >= 15 is 0 Å². The summed E-state index contributed by atoms with van der Waals surface area (Å²) in [7, 11) is 0. The zero-order chi connectivity index (χ0) is 27.7. The summed E-state index contributed by atoms with van der Waals surface area (Å²) in [5.74, 6) is 1.99. The number of hydrogen-bond donors (Lipinski definition) is 4. The fourth-order valence-corrected chi connectivity index (χ4v) is 10.4. The van der Waals surface area contributed by atoms with Gasteiger partial charge in [0.15, 0.2) is 0 Å². The Kier molecular flexibility index (Phi) is 9.42. The predicted molar refractivity (Wildman–Crippen MR) is 165 cm³/mol. The van der Waals surface area contributed by atoms with Crippen molar-refractivity contribution in [3.63, 3.8) is 0 Å². The second kappa shape index (κ2) is 12.7. The summed E-state index contributed by atoms with van der Waals surface area (Å²) in [5, 5.41) is 12.3. The summed E-state index contributed by atoms with van der Waals surface area (Å²) in [5.41, 5.74) is 0.565. The minimum atomic E-state index is 0.186. The molecule has 8 heteroatoms. The molecule has 5 saturated heterocycles. The topological polar surface area (TPSA) is 71.7 Å². The number of rotatable bonds is 3. The van der Waals surface area contributed by atoms with Crippen LogP contribution in [-0.2, 0) is 4.79 Å². The predicted octanol–water partition coefficient (Wildman–Crippen LogP) is 4.99. The second-order valence-corrected chi connectivity index (χ2v) is 16.4. The van der Waals surface area contributed by atoms with E-state index in [9.17, 15) is 4.79 Å². The molecule has 40 heavy (non-hydrogen) atoms. The summed E-state index contributed by atoms with van der Waals surface area (Å²) < 4.78 is 3.82. The largest absolute Gasteiger partial charge is 0.327 e. The Labute approximate surface area is 248 Å². The van der Waals surface area contributed by atoms with Crippen LogP contribution in [0, 0.1) is 23.2 Å². The van der Waals surface area contributed by atoms with Crippen LogP contribution in [-0.4, -0.2) is 71.3 Å². The van der Waals surface area contributed by atoms with Crippen molar-refractivity contribution in [3.8, 4) is 0 Å². The molecule has 8 atom stereocenters. The summed E-state index contributed by atoms with van der Waals surface area (Å²) in [6.45, 7) is 11.7. The third-order valence-electron chi connectivity index (χ3n) is 11.6. The smallest absolute Gasteiger partial charge is 0.227 e. The normalized spacial score (nSPS) is 42.6. The molecular weight excluding hydrogens is 516 g/mol. The summed E-state index contributed by atoms with van der Waals surface area (Å²) >= 11 is 1.91. The zero-order valence-electron chi connectivity index (χ0n) is 25.7. The number of fused-ring (bicyclic) bond motifs is 6. The van der Waals surface area contributed by atoms with E-state index in [2.05, 4.69) is 51.2 Å². The highest BCUT2D eigenvalue weighted by Gasteiger charge is 2.48. The van der Waals surface area contributed by atoms with E-state index in [0.29, 0.717) is 34.9 Å². The highest BCUT2D eigenvalue weighted by molar-refractivity contribution is 7.98. The van der Waals surface area contributed by atoms with Crippen molar-refractivity contribution < 1.29 is 4.79 Å². The molecule has 7 nitrogen and oxygen atoms in total. The lowest BCUT2D eigenvalue weighted by Gasteiger charge is -2.49. The van der Waals surface area contributed by atoms with Gasteiger partial charge in [-0.05, 0) is 109 Å². The molecule has 5 aliphatic heterocycles. The van der Waals surface area contributed by atoms with Crippen molar-refractivity contribution in [2.75, 3.05) is 26.2 Å². The van der Waals surface area contributed by atoms with Crippen molar-refractivity contribution >= 4 is 17.9 Å². The van der Waals surface area contributed by atoms with Crippen LogP contribution in [0.2, 0.25) is 0 Å². The maximum absolute atomic E-state index is 13.8. The molecule has 228 valence electrons. The van der Waals surface area contributed by atoms with Crippen LogP contribution < -0.4 is 20.7 Å². The van der Waals surface area contributed by atoms with Gasteiger partial charge >= 0.3 is 0 Å². The van der Waals surface area contributed by atoms with E-state index in [4.69, 9.17) is 0 Å². The molecule has 4 N–H and O–H groups in total. The Morgan fingerprint density at radius 2 is 1.77 bits per heavy atom. The van der Waals surface area contributed by atoms with Gasteiger partial charge in [0.2, 0.25) is 5.91 Å². The molecule has 0 aromatic heterocycles. The van der Waals surface area contributed by atoms with Crippen LogP contribution in [0.25, 0.3) is 0 Å². The van der Waals surface area contributed by atoms with Crippen molar-refractivity contribution in [2.24, 2.45) is 23.2 Å². The van der Waals surface area contributed by atoms with E-state index in [1.54, 1.807) is 0 Å². The molecule has 6 fully saturated rings. The Hall–Kier alpha value is -0.380. The Bertz CT molecular complexity index is 864. The first-order valence-electron chi connectivity index (χ1n) is 17.0. The standard InChI is InChI=1S/C32H58N6OS/c1-31(2)19-23-9-8-17-33-26-10-7-11-28(35-26)40-34-21-25-12-13-27(36-29(25)38(31)22-23)37-18-14-24(30(37)39)20-32(3)15-5-4-6-16-32/h23-29,33-36H,4-22H2,1-3H3/t23-,24?,25?,26?,27?,28?,29?/m0/s1. The van der Waals surface area contributed by atoms with Gasteiger partial charge in [-0.1, -0.05) is 38.1 Å². The highest BCUT2D eigenvalue weighted by Crippen LogP contribution is 2.44. The number of likely N-dealkylation sites (tertiary alicyclic amines) is 1. The fourth-order valence-electron chi connectivity index (χ4n) is 9.39. The van der Waals surface area contributed by atoms with E-state index in [1.165, 1.54) is 83.6 Å². The van der Waals surface area contributed by atoms with E-state index in [0.717, 1.165) is 44.8 Å². The number of amides is 1. The van der Waals surface area contributed by atoms with Crippen LogP contribution in [0.4, 0.5) is 0 Å². The van der Waals surface area contributed by atoms with Gasteiger partial charge < -0.3 is 10.2 Å². The van der Waals surface area contributed by atoms with Crippen LogP contribution in [0.1, 0.15) is 117 Å². The average molecular weight is 575 g/mol. The van der Waals surface area contributed by atoms with Gasteiger partial charge in [0, 0.05) is 37.0 Å². The minimum Gasteiger partial charge on any atom is -0.327 e. The summed E-state index contributed by atoms with van der Waals surface area (Å²) in [4.78, 5) is 18.9. The van der Waals surface area contributed by atoms with Gasteiger partial charge in [0.1, 0.15) is 0 Å². The number of hydrogen-bond acceptors (Lipinski definition) is 7. The van der Waals surface area contributed by atoms with Crippen molar-refractivity contribution in [1.29, 1.82) is 0 Å². The molecule has 6 rings (SSSR count).